The largest absolute Gasteiger partial charge is 0.494 e. The molecule has 0 radical (unpaired) electrons. The van der Waals surface area contributed by atoms with E-state index < -0.39 is 0 Å². The van der Waals surface area contributed by atoms with Crippen LogP contribution in [0.4, 0.5) is 5.95 Å². The molecule has 2 rings (SSSR count). The molecule has 88 valence electrons. The highest BCUT2D eigenvalue weighted by atomic mass is 16.5. The van der Waals surface area contributed by atoms with Gasteiger partial charge in [-0.15, -0.1) is 0 Å². The fraction of sp³-hybridized carbons (Fsp3) is 0.636. The molecule has 0 bridgehead atoms. The third kappa shape index (κ3) is 2.41. The second-order valence-corrected chi connectivity index (χ2v) is 3.90. The highest BCUT2D eigenvalue weighted by molar-refractivity contribution is 5.29. The minimum atomic E-state index is 0.269. The highest BCUT2D eigenvalue weighted by Crippen LogP contribution is 2.24. The highest BCUT2D eigenvalue weighted by Gasteiger charge is 2.27. The molecule has 1 aliphatic carbocycles. The van der Waals surface area contributed by atoms with Crippen LogP contribution < -0.4 is 10.1 Å². The van der Waals surface area contributed by atoms with E-state index in [1.54, 1.807) is 26.6 Å². The molecule has 1 heterocycles. The first-order valence-corrected chi connectivity index (χ1v) is 5.49. The molecule has 1 N–H and O–H groups in total. The predicted octanol–water partition coefficient (Wildman–Crippen LogP) is 1.46. The van der Waals surface area contributed by atoms with Crippen molar-refractivity contribution in [3.8, 4) is 5.75 Å². The quantitative estimate of drug-likeness (QED) is 0.837. The van der Waals surface area contributed by atoms with Crippen LogP contribution in [0.5, 0.6) is 5.75 Å². The summed E-state index contributed by atoms with van der Waals surface area (Å²) in [5, 5.41) is 3.29. The van der Waals surface area contributed by atoms with E-state index in [4.69, 9.17) is 9.47 Å². The van der Waals surface area contributed by atoms with Crippen molar-refractivity contribution in [3.05, 3.63) is 12.4 Å². The van der Waals surface area contributed by atoms with Crippen molar-refractivity contribution in [3.63, 3.8) is 0 Å². The van der Waals surface area contributed by atoms with Crippen LogP contribution in [-0.2, 0) is 4.74 Å². The fourth-order valence-electron chi connectivity index (χ4n) is 2.04. The molecular weight excluding hydrogens is 206 g/mol. The summed E-state index contributed by atoms with van der Waals surface area (Å²) < 4.78 is 10.4. The van der Waals surface area contributed by atoms with Crippen LogP contribution >= 0.6 is 0 Å². The molecule has 0 amide bonds. The number of ether oxygens (including phenoxy) is 2. The van der Waals surface area contributed by atoms with Crippen molar-refractivity contribution >= 4 is 5.95 Å². The molecule has 1 aliphatic rings. The Bertz CT molecular complexity index is 329. The van der Waals surface area contributed by atoms with E-state index in [-0.39, 0.29) is 6.10 Å². The molecule has 0 spiro atoms. The zero-order chi connectivity index (χ0) is 11.4. The average Bonchev–Trinajstić information content (AvgIpc) is 2.77. The van der Waals surface area contributed by atoms with Crippen molar-refractivity contribution in [2.45, 2.75) is 31.4 Å². The third-order valence-electron chi connectivity index (χ3n) is 2.93. The summed E-state index contributed by atoms with van der Waals surface area (Å²) in [6.45, 7) is 0. The van der Waals surface area contributed by atoms with Crippen molar-refractivity contribution in [2.24, 2.45) is 0 Å². The first kappa shape index (κ1) is 11.1. The SMILES string of the molecule is COc1cnc(NC2CCCC2OC)nc1. The maximum absolute atomic E-state index is 5.40. The first-order chi connectivity index (χ1) is 7.83. The van der Waals surface area contributed by atoms with Gasteiger partial charge in [0, 0.05) is 7.11 Å². The van der Waals surface area contributed by atoms with Gasteiger partial charge in [-0.3, -0.25) is 0 Å². The van der Waals surface area contributed by atoms with Crippen LogP contribution in [0.2, 0.25) is 0 Å². The number of nitrogens with one attached hydrogen (secondary N) is 1. The Morgan fingerprint density at radius 1 is 1.25 bits per heavy atom. The number of hydrogen-bond donors (Lipinski definition) is 1. The summed E-state index contributed by atoms with van der Waals surface area (Å²) in [5.74, 6) is 1.30. The Balaban J connectivity index is 1.97. The fourth-order valence-corrected chi connectivity index (χ4v) is 2.04. The number of methoxy groups -OCH3 is 2. The molecule has 0 saturated heterocycles. The Labute approximate surface area is 95.2 Å². The van der Waals surface area contributed by atoms with Gasteiger partial charge < -0.3 is 14.8 Å². The average molecular weight is 223 g/mol. The number of rotatable bonds is 4. The summed E-state index contributed by atoms with van der Waals surface area (Å²) in [7, 11) is 3.35. The zero-order valence-corrected chi connectivity index (χ0v) is 9.64. The van der Waals surface area contributed by atoms with Crippen molar-refractivity contribution < 1.29 is 9.47 Å². The molecular formula is C11H17N3O2. The predicted molar refractivity (Wildman–Crippen MR) is 60.6 cm³/mol. The third-order valence-corrected chi connectivity index (χ3v) is 2.93. The van der Waals surface area contributed by atoms with Gasteiger partial charge in [-0.1, -0.05) is 0 Å². The molecule has 0 aromatic carbocycles. The van der Waals surface area contributed by atoms with Crippen LogP contribution in [0.3, 0.4) is 0 Å². The topological polar surface area (TPSA) is 56.3 Å². The smallest absolute Gasteiger partial charge is 0.223 e. The van der Waals surface area contributed by atoms with Crippen molar-refractivity contribution in [1.29, 1.82) is 0 Å². The van der Waals surface area contributed by atoms with Gasteiger partial charge in [-0.25, -0.2) is 9.97 Å². The van der Waals surface area contributed by atoms with E-state index in [9.17, 15) is 0 Å². The van der Waals surface area contributed by atoms with Crippen LogP contribution in [0.15, 0.2) is 12.4 Å². The van der Waals surface area contributed by atoms with Crippen LogP contribution in [0.1, 0.15) is 19.3 Å². The van der Waals surface area contributed by atoms with E-state index in [1.807, 2.05) is 0 Å². The second-order valence-electron chi connectivity index (χ2n) is 3.90. The summed E-state index contributed by atoms with van der Waals surface area (Å²) >= 11 is 0. The molecule has 0 aliphatic heterocycles. The van der Waals surface area contributed by atoms with E-state index in [2.05, 4.69) is 15.3 Å². The van der Waals surface area contributed by atoms with Gasteiger partial charge in [0.05, 0.1) is 31.6 Å². The second kappa shape index (κ2) is 5.12. The summed E-state index contributed by atoms with van der Waals surface area (Å²) in [4.78, 5) is 8.36. The first-order valence-electron chi connectivity index (χ1n) is 5.49. The maximum atomic E-state index is 5.40. The van der Waals surface area contributed by atoms with E-state index in [0.717, 1.165) is 12.8 Å². The standard InChI is InChI=1S/C11H17N3O2/c1-15-8-6-12-11(13-7-8)14-9-4-3-5-10(9)16-2/h6-7,9-10H,3-5H2,1-2H3,(H,12,13,14). The lowest BCUT2D eigenvalue weighted by atomic mass is 10.2. The van der Waals surface area contributed by atoms with Crippen molar-refractivity contribution in [1.82, 2.24) is 9.97 Å². The molecule has 5 heteroatoms. The van der Waals surface area contributed by atoms with Gasteiger partial charge in [0.2, 0.25) is 5.95 Å². The Kier molecular flexibility index (Phi) is 3.56. The minimum absolute atomic E-state index is 0.269. The lowest BCUT2D eigenvalue weighted by molar-refractivity contribution is 0.101. The molecule has 1 aromatic rings. The van der Waals surface area contributed by atoms with Crippen molar-refractivity contribution in [2.75, 3.05) is 19.5 Å². The zero-order valence-electron chi connectivity index (χ0n) is 9.64. The molecule has 1 aromatic heterocycles. The van der Waals surface area contributed by atoms with Gasteiger partial charge in [-0.2, -0.15) is 0 Å². The van der Waals surface area contributed by atoms with Gasteiger partial charge >= 0.3 is 0 Å². The molecule has 1 saturated carbocycles. The van der Waals surface area contributed by atoms with Gasteiger partial charge in [0.15, 0.2) is 5.75 Å². The molecule has 2 atom stereocenters. The molecule has 2 unspecified atom stereocenters. The van der Waals surface area contributed by atoms with E-state index >= 15 is 0 Å². The normalized spacial score (nSPS) is 24.4. The Morgan fingerprint density at radius 2 is 2.00 bits per heavy atom. The number of hydrogen-bond acceptors (Lipinski definition) is 5. The Morgan fingerprint density at radius 3 is 2.62 bits per heavy atom. The van der Waals surface area contributed by atoms with Gasteiger partial charge in [0.25, 0.3) is 0 Å². The van der Waals surface area contributed by atoms with E-state index in [1.165, 1.54) is 6.42 Å². The Hall–Kier alpha value is -1.36. The van der Waals surface area contributed by atoms with E-state index in [0.29, 0.717) is 17.7 Å². The van der Waals surface area contributed by atoms with Gasteiger partial charge in [0.1, 0.15) is 0 Å². The number of nitrogens with zero attached hydrogens (tertiary/aromatic N) is 2. The van der Waals surface area contributed by atoms with Crippen LogP contribution in [-0.4, -0.2) is 36.3 Å². The molecule has 16 heavy (non-hydrogen) atoms. The summed E-state index contributed by atoms with van der Waals surface area (Å²) in [6, 6.07) is 0.318. The summed E-state index contributed by atoms with van der Waals surface area (Å²) in [5.41, 5.74) is 0. The lowest BCUT2D eigenvalue weighted by Crippen LogP contribution is -2.30. The maximum Gasteiger partial charge on any atom is 0.223 e. The van der Waals surface area contributed by atoms with Gasteiger partial charge in [-0.05, 0) is 19.3 Å². The number of aromatic nitrogens is 2. The van der Waals surface area contributed by atoms with Crippen LogP contribution in [0, 0.1) is 0 Å². The minimum Gasteiger partial charge on any atom is -0.494 e. The number of anilines is 1. The van der Waals surface area contributed by atoms with Crippen LogP contribution in [0.25, 0.3) is 0 Å². The summed E-state index contributed by atoms with van der Waals surface area (Å²) in [6.07, 6.45) is 6.98. The molecule has 1 fully saturated rings. The monoisotopic (exact) mass is 223 g/mol. The lowest BCUT2D eigenvalue weighted by Gasteiger charge is -2.19. The molecule has 5 nitrogen and oxygen atoms in total.